The molecular formula is C17H12ClFN3O-. The van der Waals surface area contributed by atoms with Crippen molar-refractivity contribution in [2.75, 3.05) is 6.54 Å². The van der Waals surface area contributed by atoms with Gasteiger partial charge in [0.2, 0.25) is 0 Å². The first kappa shape index (κ1) is 14.4. The Hall–Kier alpha value is -2.18. The summed E-state index contributed by atoms with van der Waals surface area (Å²) in [7, 11) is 0. The summed E-state index contributed by atoms with van der Waals surface area (Å²) in [5.74, 6) is -0.328. The highest BCUT2D eigenvalue weighted by molar-refractivity contribution is 6.30. The quantitative estimate of drug-likeness (QED) is 0.869. The van der Waals surface area contributed by atoms with E-state index in [1.165, 1.54) is 6.07 Å². The molecule has 1 N–H and O–H groups in total. The average Bonchev–Trinajstić information content (AvgIpc) is 2.82. The molecule has 6 heteroatoms. The van der Waals surface area contributed by atoms with Gasteiger partial charge in [0.25, 0.3) is 0 Å². The number of hydroxylamine groups is 1. The molecule has 2 heterocycles. The summed E-state index contributed by atoms with van der Waals surface area (Å²) in [5, 5.41) is 16.3. The predicted molar refractivity (Wildman–Crippen MR) is 88.0 cm³/mol. The molecule has 116 valence electrons. The third-order valence-corrected chi connectivity index (χ3v) is 4.25. The molecular weight excluding hydrogens is 317 g/mol. The molecule has 1 fully saturated rings. The Kier molecular flexibility index (Phi) is 3.43. The molecule has 2 aromatic rings. The van der Waals surface area contributed by atoms with Gasteiger partial charge in [-0.05, 0) is 18.2 Å². The van der Waals surface area contributed by atoms with Crippen LogP contribution in [-0.4, -0.2) is 16.7 Å². The third kappa shape index (κ3) is 2.44. The Morgan fingerprint density at radius 2 is 1.96 bits per heavy atom. The van der Waals surface area contributed by atoms with Gasteiger partial charge in [-0.15, -0.1) is 0 Å². The molecule has 0 aliphatic carbocycles. The van der Waals surface area contributed by atoms with Crippen LogP contribution in [0.25, 0.3) is 17.3 Å². The number of hydrogen-bond donors (Lipinski definition) is 1. The van der Waals surface area contributed by atoms with Crippen LogP contribution in [0.3, 0.4) is 0 Å². The zero-order valence-corrected chi connectivity index (χ0v) is 12.7. The molecule has 0 bridgehead atoms. The standard InChI is InChI=1S/C17H12ClFN3O/c18-15-6-3-5-13-14(15)8-11(12-4-1-2-7-16(12)19)9-21-17(13)10-22(23)20-21/h1-9,20H,10H2/q-1. The molecule has 4 rings (SSSR count). The van der Waals surface area contributed by atoms with E-state index in [1.54, 1.807) is 35.5 Å². The molecule has 23 heavy (non-hydrogen) atoms. The van der Waals surface area contributed by atoms with Crippen molar-refractivity contribution in [1.29, 1.82) is 0 Å². The Bertz CT molecular complexity index is 941. The second-order valence-corrected chi connectivity index (χ2v) is 5.77. The minimum Gasteiger partial charge on any atom is -0.770 e. The van der Waals surface area contributed by atoms with E-state index in [-0.39, 0.29) is 12.4 Å². The first-order valence-corrected chi connectivity index (χ1v) is 7.47. The van der Waals surface area contributed by atoms with E-state index in [9.17, 15) is 9.60 Å². The van der Waals surface area contributed by atoms with Crippen LogP contribution in [0.15, 0.2) is 48.7 Å². The molecule has 0 radical (unpaired) electrons. The van der Waals surface area contributed by atoms with E-state index in [1.807, 2.05) is 18.2 Å². The van der Waals surface area contributed by atoms with E-state index in [0.717, 1.165) is 21.3 Å². The lowest BCUT2D eigenvalue weighted by molar-refractivity contribution is 0.233. The molecule has 2 aliphatic heterocycles. The number of fused-ring (bicyclic) bond motifs is 2. The minimum atomic E-state index is -0.328. The first-order valence-electron chi connectivity index (χ1n) is 7.10. The second kappa shape index (κ2) is 5.47. The van der Waals surface area contributed by atoms with Gasteiger partial charge in [-0.3, -0.25) is 10.2 Å². The highest BCUT2D eigenvalue weighted by Crippen LogP contribution is 2.24. The molecule has 0 saturated carbocycles. The molecule has 2 aliphatic rings. The Morgan fingerprint density at radius 1 is 1.13 bits per heavy atom. The number of nitrogens with zero attached hydrogens (tertiary/aromatic N) is 2. The van der Waals surface area contributed by atoms with E-state index in [2.05, 4.69) is 5.53 Å². The van der Waals surface area contributed by atoms with Crippen LogP contribution in [0.5, 0.6) is 0 Å². The van der Waals surface area contributed by atoms with Gasteiger partial charge in [0.05, 0.1) is 5.70 Å². The lowest BCUT2D eigenvalue weighted by Gasteiger charge is -2.22. The number of hydrazine groups is 2. The van der Waals surface area contributed by atoms with Crippen molar-refractivity contribution in [2.24, 2.45) is 0 Å². The summed E-state index contributed by atoms with van der Waals surface area (Å²) in [6.45, 7) is 0.183. The largest absolute Gasteiger partial charge is 0.770 e. The fourth-order valence-corrected chi connectivity index (χ4v) is 3.09. The summed E-state index contributed by atoms with van der Waals surface area (Å²) in [6, 6.07) is 12.0. The van der Waals surface area contributed by atoms with Crippen LogP contribution < -0.4 is 16.0 Å². The van der Waals surface area contributed by atoms with E-state index >= 15 is 0 Å². The molecule has 2 aromatic carbocycles. The van der Waals surface area contributed by atoms with Crippen molar-refractivity contribution >= 4 is 28.9 Å². The molecule has 0 unspecified atom stereocenters. The van der Waals surface area contributed by atoms with Gasteiger partial charge < -0.3 is 5.21 Å². The van der Waals surface area contributed by atoms with Gasteiger partial charge in [0.15, 0.2) is 0 Å². The highest BCUT2D eigenvalue weighted by atomic mass is 35.5. The summed E-state index contributed by atoms with van der Waals surface area (Å²) in [4.78, 5) is 0. The second-order valence-electron chi connectivity index (χ2n) is 5.36. The van der Waals surface area contributed by atoms with Crippen molar-refractivity contribution in [3.05, 3.63) is 80.7 Å². The van der Waals surface area contributed by atoms with E-state index in [4.69, 9.17) is 11.6 Å². The fourth-order valence-electron chi connectivity index (χ4n) is 2.86. The van der Waals surface area contributed by atoms with Gasteiger partial charge in [-0.2, -0.15) is 5.53 Å². The van der Waals surface area contributed by atoms with E-state index in [0.29, 0.717) is 16.2 Å². The smallest absolute Gasteiger partial charge is 0.131 e. The number of allylic oxidation sites excluding steroid dienone is 1. The maximum atomic E-state index is 14.2. The average molecular weight is 329 g/mol. The molecule has 0 amide bonds. The number of rotatable bonds is 1. The van der Waals surface area contributed by atoms with Crippen molar-refractivity contribution in [3.63, 3.8) is 0 Å². The van der Waals surface area contributed by atoms with Crippen LogP contribution in [0.1, 0.15) is 5.56 Å². The van der Waals surface area contributed by atoms with Gasteiger partial charge >= 0.3 is 0 Å². The zero-order valence-electron chi connectivity index (χ0n) is 12.0. The number of halogens is 2. The fraction of sp³-hybridized carbons (Fsp3) is 0.0588. The lowest BCUT2D eigenvalue weighted by Crippen LogP contribution is -2.34. The van der Waals surface area contributed by atoms with Gasteiger partial charge in [-0.25, -0.2) is 4.39 Å². The molecule has 0 aromatic heterocycles. The maximum absolute atomic E-state index is 14.2. The molecule has 0 spiro atoms. The van der Waals surface area contributed by atoms with Crippen LogP contribution in [0, 0.1) is 11.0 Å². The first-order chi connectivity index (χ1) is 11.1. The van der Waals surface area contributed by atoms with Crippen molar-refractivity contribution in [2.45, 2.75) is 0 Å². The summed E-state index contributed by atoms with van der Waals surface area (Å²) in [5.41, 5.74) is 4.55. The number of nitrogens with one attached hydrogen (secondary N) is 1. The summed E-state index contributed by atoms with van der Waals surface area (Å²) < 4.78 is 14.2. The maximum Gasteiger partial charge on any atom is 0.131 e. The van der Waals surface area contributed by atoms with E-state index < -0.39 is 0 Å². The van der Waals surface area contributed by atoms with Crippen molar-refractivity contribution in [1.82, 2.24) is 15.7 Å². The van der Waals surface area contributed by atoms with Gasteiger partial charge in [-0.1, -0.05) is 41.9 Å². The Labute approximate surface area is 136 Å². The third-order valence-electron chi connectivity index (χ3n) is 3.92. The molecule has 1 saturated heterocycles. The molecule has 0 atom stereocenters. The van der Waals surface area contributed by atoms with Crippen LogP contribution in [0.4, 0.5) is 4.39 Å². The topological polar surface area (TPSA) is 41.6 Å². The highest BCUT2D eigenvalue weighted by Gasteiger charge is 2.21. The van der Waals surface area contributed by atoms with Gasteiger partial charge in [0, 0.05) is 39.3 Å². The summed E-state index contributed by atoms with van der Waals surface area (Å²) in [6.07, 6.45) is 3.56. The van der Waals surface area contributed by atoms with Crippen LogP contribution in [0.2, 0.25) is 5.02 Å². The SMILES string of the molecule is [O-]N1CC2=c3cccc(Cl)c3=CC(c3ccccc3F)=CN2N1. The normalized spacial score (nSPS) is 17.3. The van der Waals surface area contributed by atoms with Gasteiger partial charge in [0.1, 0.15) is 5.82 Å². The summed E-state index contributed by atoms with van der Waals surface area (Å²) >= 11 is 6.34. The predicted octanol–water partition coefficient (Wildman–Crippen LogP) is 1.96. The van der Waals surface area contributed by atoms with Crippen molar-refractivity contribution < 1.29 is 4.39 Å². The number of benzene rings is 2. The minimum absolute atomic E-state index is 0.183. The number of hydrogen-bond acceptors (Lipinski definition) is 4. The lowest BCUT2D eigenvalue weighted by atomic mass is 10.0. The molecule has 4 nitrogen and oxygen atoms in total. The monoisotopic (exact) mass is 328 g/mol. The zero-order chi connectivity index (χ0) is 16.0. The van der Waals surface area contributed by atoms with Crippen LogP contribution in [-0.2, 0) is 0 Å². The Morgan fingerprint density at radius 3 is 2.78 bits per heavy atom. The van der Waals surface area contributed by atoms with Crippen LogP contribution >= 0.6 is 11.6 Å². The Balaban J connectivity index is 2.03. The van der Waals surface area contributed by atoms with Crippen molar-refractivity contribution in [3.8, 4) is 0 Å².